The third-order valence-corrected chi connectivity index (χ3v) is 3.40. The molecule has 1 unspecified atom stereocenters. The Morgan fingerprint density at radius 2 is 2.00 bits per heavy atom. The van der Waals surface area contributed by atoms with Crippen LogP contribution in [0.25, 0.3) is 0 Å². The quantitative estimate of drug-likeness (QED) is 0.682. The lowest BCUT2D eigenvalue weighted by atomic mass is 10.1. The van der Waals surface area contributed by atoms with Crippen molar-refractivity contribution in [1.29, 1.82) is 5.26 Å². The highest BCUT2D eigenvalue weighted by Gasteiger charge is 2.06. The molecule has 96 valence electrons. The second kappa shape index (κ2) is 6.21. The van der Waals surface area contributed by atoms with Gasteiger partial charge in [0.1, 0.15) is 17.2 Å². The van der Waals surface area contributed by atoms with E-state index in [1.54, 1.807) is 18.1 Å². The van der Waals surface area contributed by atoms with Crippen molar-refractivity contribution in [1.82, 2.24) is 9.97 Å². The van der Waals surface area contributed by atoms with E-state index in [-0.39, 0.29) is 6.04 Å². The SMILES string of the molecule is CSc1cc(NC(C)c2ccc(C#N)cc2)ncn1. The lowest BCUT2D eigenvalue weighted by Gasteiger charge is -2.15. The summed E-state index contributed by atoms with van der Waals surface area (Å²) in [4.78, 5) is 8.34. The van der Waals surface area contributed by atoms with E-state index in [2.05, 4.69) is 28.3 Å². The van der Waals surface area contributed by atoms with Crippen LogP contribution in [0.15, 0.2) is 41.7 Å². The molecule has 2 aromatic rings. The van der Waals surface area contributed by atoms with E-state index >= 15 is 0 Å². The molecule has 1 heterocycles. The van der Waals surface area contributed by atoms with Crippen LogP contribution < -0.4 is 5.32 Å². The Bertz CT molecular complexity index is 589. The van der Waals surface area contributed by atoms with Crippen molar-refractivity contribution in [3.05, 3.63) is 47.8 Å². The first-order valence-electron chi connectivity index (χ1n) is 5.85. The second-order valence-electron chi connectivity index (χ2n) is 4.05. The minimum Gasteiger partial charge on any atom is -0.363 e. The summed E-state index contributed by atoms with van der Waals surface area (Å²) in [5, 5.41) is 13.0. The number of nitriles is 1. The van der Waals surface area contributed by atoms with Crippen molar-refractivity contribution in [2.45, 2.75) is 18.0 Å². The Labute approximate surface area is 116 Å². The molecule has 1 N–H and O–H groups in total. The number of hydrogen-bond acceptors (Lipinski definition) is 5. The number of nitrogens with zero attached hydrogens (tertiary/aromatic N) is 3. The largest absolute Gasteiger partial charge is 0.363 e. The summed E-state index contributed by atoms with van der Waals surface area (Å²) in [5.74, 6) is 0.802. The van der Waals surface area contributed by atoms with Crippen molar-refractivity contribution in [2.24, 2.45) is 0 Å². The van der Waals surface area contributed by atoms with Gasteiger partial charge in [-0.15, -0.1) is 11.8 Å². The third-order valence-electron chi connectivity index (χ3n) is 2.76. The summed E-state index contributed by atoms with van der Waals surface area (Å²) in [6, 6.07) is 11.7. The number of anilines is 1. The number of hydrogen-bond donors (Lipinski definition) is 1. The van der Waals surface area contributed by atoms with Crippen molar-refractivity contribution < 1.29 is 0 Å². The van der Waals surface area contributed by atoms with Crippen LogP contribution in [0.1, 0.15) is 24.1 Å². The van der Waals surface area contributed by atoms with Gasteiger partial charge in [-0.1, -0.05) is 12.1 Å². The molecule has 1 aromatic heterocycles. The van der Waals surface area contributed by atoms with E-state index in [4.69, 9.17) is 5.26 Å². The number of rotatable bonds is 4. The van der Waals surface area contributed by atoms with E-state index in [1.165, 1.54) is 0 Å². The van der Waals surface area contributed by atoms with Crippen LogP contribution in [-0.2, 0) is 0 Å². The van der Waals surface area contributed by atoms with Crippen LogP contribution >= 0.6 is 11.8 Å². The molecule has 0 amide bonds. The van der Waals surface area contributed by atoms with Gasteiger partial charge in [0.2, 0.25) is 0 Å². The van der Waals surface area contributed by atoms with Crippen molar-refractivity contribution in [3.63, 3.8) is 0 Å². The van der Waals surface area contributed by atoms with Crippen LogP contribution in [0.2, 0.25) is 0 Å². The average Bonchev–Trinajstić information content (AvgIpc) is 2.47. The van der Waals surface area contributed by atoms with Crippen LogP contribution in [0, 0.1) is 11.3 Å². The minimum absolute atomic E-state index is 0.123. The topological polar surface area (TPSA) is 61.6 Å². The first-order valence-corrected chi connectivity index (χ1v) is 7.08. The Balaban J connectivity index is 2.11. The smallest absolute Gasteiger partial charge is 0.130 e. The van der Waals surface area contributed by atoms with Gasteiger partial charge in [-0.05, 0) is 30.9 Å². The summed E-state index contributed by atoms with van der Waals surface area (Å²) in [7, 11) is 0. The fraction of sp³-hybridized carbons (Fsp3) is 0.214. The lowest BCUT2D eigenvalue weighted by molar-refractivity contribution is 0.866. The van der Waals surface area contributed by atoms with Gasteiger partial charge in [-0.2, -0.15) is 5.26 Å². The summed E-state index contributed by atoms with van der Waals surface area (Å²) in [6.07, 6.45) is 3.54. The van der Waals surface area contributed by atoms with Gasteiger partial charge in [0.25, 0.3) is 0 Å². The molecule has 0 radical (unpaired) electrons. The van der Waals surface area contributed by atoms with Crippen molar-refractivity contribution in [2.75, 3.05) is 11.6 Å². The molecule has 0 saturated heterocycles. The summed E-state index contributed by atoms with van der Waals surface area (Å²) < 4.78 is 0. The Kier molecular flexibility index (Phi) is 4.37. The fourth-order valence-corrected chi connectivity index (χ4v) is 2.06. The standard InChI is InChI=1S/C14H14N4S/c1-10(12-5-3-11(8-15)4-6-12)18-13-7-14(19-2)17-9-16-13/h3-7,9-10H,1-2H3,(H,16,17,18). The molecule has 0 spiro atoms. The van der Waals surface area contributed by atoms with Crippen LogP contribution in [0.3, 0.4) is 0 Å². The zero-order valence-electron chi connectivity index (χ0n) is 10.8. The normalized spacial score (nSPS) is 11.6. The van der Waals surface area contributed by atoms with Gasteiger partial charge in [0.05, 0.1) is 11.6 Å². The van der Waals surface area contributed by atoms with E-state index in [9.17, 15) is 0 Å². The molecule has 0 aliphatic heterocycles. The first-order chi connectivity index (χ1) is 9.22. The molecule has 0 aliphatic rings. The number of benzene rings is 1. The van der Waals surface area contributed by atoms with Gasteiger partial charge in [0, 0.05) is 12.1 Å². The number of nitrogens with one attached hydrogen (secondary N) is 1. The predicted molar refractivity (Wildman–Crippen MR) is 77.0 cm³/mol. The zero-order chi connectivity index (χ0) is 13.7. The van der Waals surface area contributed by atoms with Gasteiger partial charge < -0.3 is 5.32 Å². The molecule has 4 nitrogen and oxygen atoms in total. The maximum absolute atomic E-state index is 8.78. The molecular formula is C14H14N4S. The number of aromatic nitrogens is 2. The molecule has 0 saturated carbocycles. The van der Waals surface area contributed by atoms with Gasteiger partial charge in [0.15, 0.2) is 0 Å². The highest BCUT2D eigenvalue weighted by molar-refractivity contribution is 7.98. The van der Waals surface area contributed by atoms with Gasteiger partial charge >= 0.3 is 0 Å². The third kappa shape index (κ3) is 3.46. The molecule has 5 heteroatoms. The predicted octanol–water partition coefficient (Wildman–Crippen LogP) is 3.24. The van der Waals surface area contributed by atoms with Gasteiger partial charge in [-0.25, -0.2) is 9.97 Å². The molecule has 1 aromatic carbocycles. The van der Waals surface area contributed by atoms with E-state index in [0.29, 0.717) is 5.56 Å². The highest BCUT2D eigenvalue weighted by atomic mass is 32.2. The molecule has 2 rings (SSSR count). The summed E-state index contributed by atoms with van der Waals surface area (Å²) in [5.41, 5.74) is 1.78. The summed E-state index contributed by atoms with van der Waals surface area (Å²) >= 11 is 1.58. The molecule has 0 aliphatic carbocycles. The Morgan fingerprint density at radius 3 is 2.63 bits per heavy atom. The maximum atomic E-state index is 8.78. The fourth-order valence-electron chi connectivity index (χ4n) is 1.68. The molecule has 1 atom stereocenters. The van der Waals surface area contributed by atoms with E-state index < -0.39 is 0 Å². The Morgan fingerprint density at radius 1 is 1.26 bits per heavy atom. The summed E-state index contributed by atoms with van der Waals surface area (Å²) in [6.45, 7) is 2.06. The van der Waals surface area contributed by atoms with Crippen LogP contribution in [0.5, 0.6) is 0 Å². The number of thioether (sulfide) groups is 1. The first kappa shape index (κ1) is 13.4. The maximum Gasteiger partial charge on any atom is 0.130 e. The average molecular weight is 270 g/mol. The molecule has 0 fully saturated rings. The highest BCUT2D eigenvalue weighted by Crippen LogP contribution is 2.20. The van der Waals surface area contributed by atoms with Crippen molar-refractivity contribution in [3.8, 4) is 6.07 Å². The van der Waals surface area contributed by atoms with Crippen LogP contribution in [-0.4, -0.2) is 16.2 Å². The molecular weight excluding hydrogens is 256 g/mol. The van der Waals surface area contributed by atoms with E-state index in [0.717, 1.165) is 16.4 Å². The Hall–Kier alpha value is -2.06. The lowest BCUT2D eigenvalue weighted by Crippen LogP contribution is -2.08. The van der Waals surface area contributed by atoms with Gasteiger partial charge in [-0.3, -0.25) is 0 Å². The van der Waals surface area contributed by atoms with Crippen LogP contribution in [0.4, 0.5) is 5.82 Å². The van der Waals surface area contributed by atoms with E-state index in [1.807, 2.05) is 36.6 Å². The van der Waals surface area contributed by atoms with Crippen molar-refractivity contribution >= 4 is 17.6 Å². The monoisotopic (exact) mass is 270 g/mol. The second-order valence-corrected chi connectivity index (χ2v) is 4.87. The zero-order valence-corrected chi connectivity index (χ0v) is 11.6. The molecule has 0 bridgehead atoms. The molecule has 19 heavy (non-hydrogen) atoms. The minimum atomic E-state index is 0.123.